The van der Waals surface area contributed by atoms with Gasteiger partial charge in [0.15, 0.2) is 0 Å². The van der Waals surface area contributed by atoms with Gasteiger partial charge in [0.05, 0.1) is 5.39 Å². The van der Waals surface area contributed by atoms with Crippen molar-refractivity contribution in [3.8, 4) is 0 Å². The molecule has 0 amide bonds. The normalized spacial score (nSPS) is 10.8. The Morgan fingerprint density at radius 1 is 1.06 bits per heavy atom. The molecule has 0 aliphatic rings. The van der Waals surface area contributed by atoms with Gasteiger partial charge >= 0.3 is 0 Å². The zero-order chi connectivity index (χ0) is 12.5. The van der Waals surface area contributed by atoms with E-state index in [9.17, 15) is 0 Å². The molecule has 3 nitrogen and oxygen atoms in total. The van der Waals surface area contributed by atoms with Gasteiger partial charge in [-0.25, -0.2) is 9.97 Å². The number of para-hydroxylation sites is 1. The van der Waals surface area contributed by atoms with Crippen LogP contribution in [0.25, 0.3) is 10.2 Å². The van der Waals surface area contributed by atoms with E-state index in [1.165, 1.54) is 11.1 Å². The highest BCUT2D eigenvalue weighted by molar-refractivity contribution is 7.16. The third-order valence-corrected chi connectivity index (χ3v) is 3.81. The smallest absolute Gasteiger partial charge is 0.142 e. The minimum Gasteiger partial charge on any atom is -0.339 e. The van der Waals surface area contributed by atoms with Crippen molar-refractivity contribution in [1.82, 2.24) is 9.97 Å². The molecule has 90 valence electrons. The van der Waals surface area contributed by atoms with Crippen LogP contribution in [-0.4, -0.2) is 9.97 Å². The maximum atomic E-state index is 4.34. The van der Waals surface area contributed by atoms with Crippen molar-refractivity contribution < 1.29 is 0 Å². The van der Waals surface area contributed by atoms with Crippen LogP contribution in [0.2, 0.25) is 0 Å². The van der Waals surface area contributed by atoms with Crippen molar-refractivity contribution >= 4 is 33.1 Å². The maximum Gasteiger partial charge on any atom is 0.142 e. The molecule has 3 aromatic rings. The molecule has 0 aliphatic heterocycles. The zero-order valence-electron chi connectivity index (χ0n) is 10.3. The van der Waals surface area contributed by atoms with E-state index in [-0.39, 0.29) is 0 Å². The van der Waals surface area contributed by atoms with Crippen molar-refractivity contribution in [2.45, 2.75) is 13.8 Å². The van der Waals surface area contributed by atoms with Crippen molar-refractivity contribution in [3.63, 3.8) is 0 Å². The number of nitrogens with zero attached hydrogens (tertiary/aromatic N) is 2. The van der Waals surface area contributed by atoms with Crippen LogP contribution in [-0.2, 0) is 0 Å². The van der Waals surface area contributed by atoms with Gasteiger partial charge in [-0.2, -0.15) is 0 Å². The lowest BCUT2D eigenvalue weighted by Crippen LogP contribution is -1.98. The second-order valence-electron chi connectivity index (χ2n) is 4.25. The summed E-state index contributed by atoms with van der Waals surface area (Å²) in [6.45, 7) is 4.20. The highest BCUT2D eigenvalue weighted by Gasteiger charge is 2.07. The second-order valence-corrected chi connectivity index (χ2v) is 5.15. The van der Waals surface area contributed by atoms with Crippen LogP contribution in [0.3, 0.4) is 0 Å². The minimum absolute atomic E-state index is 0.874. The summed E-state index contributed by atoms with van der Waals surface area (Å²) in [4.78, 5) is 9.61. The maximum absolute atomic E-state index is 4.34. The summed E-state index contributed by atoms with van der Waals surface area (Å²) in [6.07, 6.45) is 1.61. The van der Waals surface area contributed by atoms with Gasteiger partial charge < -0.3 is 5.32 Å². The van der Waals surface area contributed by atoms with Crippen LogP contribution in [0.1, 0.15) is 11.1 Å². The summed E-state index contributed by atoms with van der Waals surface area (Å²) in [7, 11) is 0. The number of anilines is 2. The lowest BCUT2D eigenvalue weighted by atomic mass is 10.1. The summed E-state index contributed by atoms with van der Waals surface area (Å²) in [5.41, 5.74) is 3.57. The van der Waals surface area contributed by atoms with Gasteiger partial charge in [-0.1, -0.05) is 18.2 Å². The van der Waals surface area contributed by atoms with Crippen LogP contribution in [0.5, 0.6) is 0 Å². The standard InChI is InChI=1S/C14H13N3S/c1-9-4-3-5-10(2)12(9)17-13-11-6-7-18-14(11)16-8-15-13/h3-8H,1-2H3,(H,15,16,17). The molecule has 0 unspecified atom stereocenters. The second kappa shape index (κ2) is 4.38. The lowest BCUT2D eigenvalue weighted by Gasteiger charge is -2.12. The van der Waals surface area contributed by atoms with E-state index >= 15 is 0 Å². The molecule has 0 spiro atoms. The molecule has 0 atom stereocenters. The first-order valence-electron chi connectivity index (χ1n) is 5.77. The molecule has 2 heterocycles. The van der Waals surface area contributed by atoms with Crippen molar-refractivity contribution in [2.24, 2.45) is 0 Å². The summed E-state index contributed by atoms with van der Waals surface area (Å²) >= 11 is 1.63. The van der Waals surface area contributed by atoms with E-state index in [4.69, 9.17) is 0 Å². The number of thiophene rings is 1. The highest BCUT2D eigenvalue weighted by atomic mass is 32.1. The molecule has 0 radical (unpaired) electrons. The first kappa shape index (κ1) is 11.2. The topological polar surface area (TPSA) is 37.8 Å². The molecule has 2 aromatic heterocycles. The predicted octanol–water partition coefficient (Wildman–Crippen LogP) is 4.05. The fourth-order valence-electron chi connectivity index (χ4n) is 2.02. The third kappa shape index (κ3) is 1.84. The summed E-state index contributed by atoms with van der Waals surface area (Å²) in [6, 6.07) is 8.31. The average Bonchev–Trinajstić information content (AvgIpc) is 2.83. The number of nitrogens with one attached hydrogen (secondary N) is 1. The summed E-state index contributed by atoms with van der Waals surface area (Å²) < 4.78 is 0. The Hall–Kier alpha value is -1.94. The summed E-state index contributed by atoms with van der Waals surface area (Å²) in [5, 5.41) is 6.54. The van der Waals surface area contributed by atoms with Gasteiger partial charge in [-0.3, -0.25) is 0 Å². The first-order chi connectivity index (χ1) is 8.75. The predicted molar refractivity (Wildman–Crippen MR) is 76.6 cm³/mol. The van der Waals surface area contributed by atoms with E-state index in [1.54, 1.807) is 17.7 Å². The number of aryl methyl sites for hydroxylation is 2. The Balaban J connectivity index is 2.09. The van der Waals surface area contributed by atoms with Gasteiger partial charge in [0.25, 0.3) is 0 Å². The monoisotopic (exact) mass is 255 g/mol. The van der Waals surface area contributed by atoms with Crippen molar-refractivity contribution in [2.75, 3.05) is 5.32 Å². The minimum atomic E-state index is 0.874. The molecule has 18 heavy (non-hydrogen) atoms. The molecule has 0 fully saturated rings. The van der Waals surface area contributed by atoms with Gasteiger partial charge in [0.1, 0.15) is 17.0 Å². The molecule has 4 heteroatoms. The van der Waals surface area contributed by atoms with Crippen LogP contribution < -0.4 is 5.32 Å². The molecule has 0 aliphatic carbocycles. The molecule has 0 saturated carbocycles. The molecule has 0 bridgehead atoms. The fraction of sp³-hybridized carbons (Fsp3) is 0.143. The molecule has 1 N–H and O–H groups in total. The van der Waals surface area contributed by atoms with Crippen LogP contribution in [0.4, 0.5) is 11.5 Å². The largest absolute Gasteiger partial charge is 0.339 e. The van der Waals surface area contributed by atoms with Crippen LogP contribution in [0, 0.1) is 13.8 Å². The molecular formula is C14H13N3S. The van der Waals surface area contributed by atoms with Gasteiger partial charge in [-0.15, -0.1) is 11.3 Å². The number of hydrogen-bond donors (Lipinski definition) is 1. The number of rotatable bonds is 2. The Morgan fingerprint density at radius 2 is 1.83 bits per heavy atom. The SMILES string of the molecule is Cc1cccc(C)c1Nc1ncnc2sccc12. The highest BCUT2D eigenvalue weighted by Crippen LogP contribution is 2.29. The molecule has 3 rings (SSSR count). The number of hydrogen-bond acceptors (Lipinski definition) is 4. The van der Waals surface area contributed by atoms with Crippen LogP contribution >= 0.6 is 11.3 Å². The Labute approximate surface area is 110 Å². The Kier molecular flexibility index (Phi) is 2.72. The molecule has 0 saturated heterocycles. The summed E-state index contributed by atoms with van der Waals surface area (Å²) in [5.74, 6) is 0.874. The fourth-order valence-corrected chi connectivity index (χ4v) is 2.75. The third-order valence-electron chi connectivity index (χ3n) is 2.99. The molecule has 1 aromatic carbocycles. The lowest BCUT2D eigenvalue weighted by molar-refractivity contribution is 1.22. The van der Waals surface area contributed by atoms with E-state index in [0.29, 0.717) is 0 Å². The van der Waals surface area contributed by atoms with E-state index in [2.05, 4.69) is 53.4 Å². The Bertz CT molecular complexity index is 683. The van der Waals surface area contributed by atoms with Crippen molar-refractivity contribution in [1.29, 1.82) is 0 Å². The number of aromatic nitrogens is 2. The van der Waals surface area contributed by atoms with E-state index in [1.807, 2.05) is 5.38 Å². The van der Waals surface area contributed by atoms with Crippen molar-refractivity contribution in [3.05, 3.63) is 47.1 Å². The zero-order valence-corrected chi connectivity index (χ0v) is 11.1. The first-order valence-corrected chi connectivity index (χ1v) is 6.65. The quantitative estimate of drug-likeness (QED) is 0.750. The van der Waals surface area contributed by atoms with Gasteiger partial charge in [0.2, 0.25) is 0 Å². The molecular weight excluding hydrogens is 242 g/mol. The average molecular weight is 255 g/mol. The van der Waals surface area contributed by atoms with Crippen LogP contribution in [0.15, 0.2) is 36.0 Å². The Morgan fingerprint density at radius 3 is 2.61 bits per heavy atom. The van der Waals surface area contributed by atoms with Gasteiger partial charge in [0, 0.05) is 5.69 Å². The number of fused-ring (bicyclic) bond motifs is 1. The van der Waals surface area contributed by atoms with E-state index < -0.39 is 0 Å². The van der Waals surface area contributed by atoms with E-state index in [0.717, 1.165) is 21.7 Å². The number of benzene rings is 1. The van der Waals surface area contributed by atoms with Gasteiger partial charge in [-0.05, 0) is 36.4 Å².